The van der Waals surface area contributed by atoms with E-state index in [0.717, 1.165) is 25.0 Å². The van der Waals surface area contributed by atoms with E-state index in [1.807, 2.05) is 0 Å². The molecule has 3 N–H and O–H groups in total. The zero-order valence-electron chi connectivity index (χ0n) is 9.54. The van der Waals surface area contributed by atoms with Crippen LogP contribution >= 0.6 is 23.1 Å². The number of hydrazine groups is 1. The Bertz CT molecular complexity index is 388. The number of thioether (sulfide) groups is 1. The van der Waals surface area contributed by atoms with E-state index < -0.39 is 11.2 Å². The van der Waals surface area contributed by atoms with Crippen molar-refractivity contribution >= 4 is 23.1 Å². The van der Waals surface area contributed by atoms with Crippen LogP contribution in [0.2, 0.25) is 0 Å². The maximum absolute atomic E-state index is 12.5. The number of hydrogen-bond acceptors (Lipinski definition) is 5. The van der Waals surface area contributed by atoms with Crippen molar-refractivity contribution in [2.75, 3.05) is 5.75 Å². The van der Waals surface area contributed by atoms with Gasteiger partial charge < -0.3 is 0 Å². The van der Waals surface area contributed by atoms with Gasteiger partial charge >= 0.3 is 6.18 Å². The number of aromatic nitrogens is 1. The van der Waals surface area contributed by atoms with Crippen molar-refractivity contribution in [1.29, 1.82) is 0 Å². The highest BCUT2D eigenvalue weighted by Crippen LogP contribution is 2.39. The molecule has 2 atom stereocenters. The number of rotatable bonds is 3. The van der Waals surface area contributed by atoms with Crippen molar-refractivity contribution in [2.24, 2.45) is 5.84 Å². The van der Waals surface area contributed by atoms with E-state index >= 15 is 0 Å². The molecule has 0 saturated carbocycles. The zero-order chi connectivity index (χ0) is 13.2. The SMILES string of the molecule is NNC(c1cnc(C(F)(F)F)s1)C1CCCCS1. The van der Waals surface area contributed by atoms with Crippen molar-refractivity contribution in [3.8, 4) is 0 Å². The number of halogens is 3. The molecule has 0 aliphatic carbocycles. The fourth-order valence-electron chi connectivity index (χ4n) is 1.96. The average Bonchev–Trinajstić information content (AvgIpc) is 2.81. The summed E-state index contributed by atoms with van der Waals surface area (Å²) < 4.78 is 37.5. The summed E-state index contributed by atoms with van der Waals surface area (Å²) in [4.78, 5) is 4.00. The van der Waals surface area contributed by atoms with Crippen LogP contribution in [0.15, 0.2) is 6.20 Å². The molecular formula is C10H14F3N3S2. The fraction of sp³-hybridized carbons (Fsp3) is 0.700. The highest BCUT2D eigenvalue weighted by molar-refractivity contribution is 8.00. The van der Waals surface area contributed by atoms with Gasteiger partial charge in [-0.25, -0.2) is 4.98 Å². The standard InChI is InChI=1S/C10H14F3N3S2/c11-10(12,13)9-15-5-7(18-9)8(16-14)6-3-1-2-4-17-6/h5-6,8,16H,1-4,14H2. The Hall–Kier alpha value is -0.310. The van der Waals surface area contributed by atoms with Crippen LogP contribution in [0.4, 0.5) is 13.2 Å². The van der Waals surface area contributed by atoms with Gasteiger partial charge in [-0.05, 0) is 18.6 Å². The Kier molecular flexibility index (Phi) is 4.52. The van der Waals surface area contributed by atoms with E-state index in [-0.39, 0.29) is 11.3 Å². The summed E-state index contributed by atoms with van der Waals surface area (Å²) in [6.07, 6.45) is 0.142. The second-order valence-electron chi connectivity index (χ2n) is 4.11. The molecule has 1 aliphatic rings. The molecule has 8 heteroatoms. The molecule has 0 amide bonds. The molecule has 1 fully saturated rings. The lowest BCUT2D eigenvalue weighted by atomic mass is 10.1. The summed E-state index contributed by atoms with van der Waals surface area (Å²) in [7, 11) is 0. The second-order valence-corrected chi connectivity index (χ2v) is 6.52. The van der Waals surface area contributed by atoms with E-state index in [1.54, 1.807) is 11.8 Å². The maximum Gasteiger partial charge on any atom is 0.443 e. The Morgan fingerprint density at radius 3 is 2.72 bits per heavy atom. The van der Waals surface area contributed by atoms with Crippen LogP contribution in [0.5, 0.6) is 0 Å². The molecule has 102 valence electrons. The molecule has 1 aromatic heterocycles. The Labute approximate surface area is 111 Å². The Morgan fingerprint density at radius 2 is 2.22 bits per heavy atom. The molecule has 0 aromatic carbocycles. The van der Waals surface area contributed by atoms with Crippen LogP contribution in [0.25, 0.3) is 0 Å². The van der Waals surface area contributed by atoms with Crippen LogP contribution in [-0.2, 0) is 6.18 Å². The van der Waals surface area contributed by atoms with Gasteiger partial charge in [0.2, 0.25) is 0 Å². The molecule has 3 nitrogen and oxygen atoms in total. The van der Waals surface area contributed by atoms with Gasteiger partial charge in [0.25, 0.3) is 0 Å². The lowest BCUT2D eigenvalue weighted by molar-refractivity contribution is -0.137. The van der Waals surface area contributed by atoms with Gasteiger partial charge in [-0.3, -0.25) is 11.3 Å². The molecule has 2 rings (SSSR count). The first-order valence-corrected chi connectivity index (χ1v) is 7.49. The minimum Gasteiger partial charge on any atom is -0.271 e. The highest BCUT2D eigenvalue weighted by atomic mass is 32.2. The van der Waals surface area contributed by atoms with Crippen LogP contribution in [0.3, 0.4) is 0 Å². The first-order chi connectivity index (χ1) is 8.52. The number of thiazole rings is 1. The van der Waals surface area contributed by atoms with Crippen LogP contribution in [0, 0.1) is 0 Å². The lowest BCUT2D eigenvalue weighted by Gasteiger charge is -2.28. The third-order valence-electron chi connectivity index (χ3n) is 2.84. The fourth-order valence-corrected chi connectivity index (χ4v) is 4.38. The predicted octanol–water partition coefficient (Wildman–Crippen LogP) is 2.95. The van der Waals surface area contributed by atoms with Crippen LogP contribution < -0.4 is 11.3 Å². The summed E-state index contributed by atoms with van der Waals surface area (Å²) in [5, 5.41) is -0.580. The molecule has 1 saturated heterocycles. The largest absolute Gasteiger partial charge is 0.443 e. The van der Waals surface area contributed by atoms with Gasteiger partial charge in [0.1, 0.15) is 0 Å². The third kappa shape index (κ3) is 3.17. The summed E-state index contributed by atoms with van der Waals surface area (Å²) in [5.41, 5.74) is 2.64. The summed E-state index contributed by atoms with van der Waals surface area (Å²) in [5.74, 6) is 6.52. The molecule has 1 aliphatic heterocycles. The number of nitrogens with one attached hydrogen (secondary N) is 1. The van der Waals surface area contributed by atoms with Gasteiger partial charge in [0, 0.05) is 16.3 Å². The first-order valence-electron chi connectivity index (χ1n) is 5.63. The maximum atomic E-state index is 12.5. The van der Waals surface area contributed by atoms with Gasteiger partial charge in [-0.15, -0.1) is 11.3 Å². The van der Waals surface area contributed by atoms with E-state index in [2.05, 4.69) is 10.4 Å². The quantitative estimate of drug-likeness (QED) is 0.665. The number of nitrogens with zero attached hydrogens (tertiary/aromatic N) is 1. The van der Waals surface area contributed by atoms with E-state index in [1.165, 1.54) is 6.20 Å². The number of nitrogens with two attached hydrogens (primary N) is 1. The highest BCUT2D eigenvalue weighted by Gasteiger charge is 2.36. The molecule has 0 radical (unpaired) electrons. The van der Waals surface area contributed by atoms with E-state index in [0.29, 0.717) is 16.2 Å². The zero-order valence-corrected chi connectivity index (χ0v) is 11.2. The molecule has 2 unspecified atom stereocenters. The minimum atomic E-state index is -4.37. The van der Waals surface area contributed by atoms with Gasteiger partial charge in [-0.2, -0.15) is 24.9 Å². The van der Waals surface area contributed by atoms with Gasteiger partial charge in [-0.1, -0.05) is 6.42 Å². The van der Waals surface area contributed by atoms with Crippen molar-refractivity contribution in [3.05, 3.63) is 16.1 Å². The number of hydrogen-bond donors (Lipinski definition) is 2. The van der Waals surface area contributed by atoms with E-state index in [4.69, 9.17) is 5.84 Å². The number of alkyl halides is 3. The molecule has 0 bridgehead atoms. The summed E-state index contributed by atoms with van der Waals surface area (Å²) in [6, 6.07) is -0.246. The molecule has 0 spiro atoms. The average molecular weight is 297 g/mol. The van der Waals surface area contributed by atoms with Crippen molar-refractivity contribution in [1.82, 2.24) is 10.4 Å². The van der Waals surface area contributed by atoms with Crippen molar-refractivity contribution in [2.45, 2.75) is 36.7 Å². The van der Waals surface area contributed by atoms with Crippen LogP contribution in [0.1, 0.15) is 35.2 Å². The molecule has 2 heterocycles. The summed E-state index contributed by atoms with van der Waals surface area (Å²) in [6.45, 7) is 0. The van der Waals surface area contributed by atoms with Gasteiger partial charge in [0.15, 0.2) is 5.01 Å². The minimum absolute atomic E-state index is 0.227. The Morgan fingerprint density at radius 1 is 1.44 bits per heavy atom. The normalized spacial score (nSPS) is 23.0. The van der Waals surface area contributed by atoms with Crippen LogP contribution in [-0.4, -0.2) is 16.0 Å². The topological polar surface area (TPSA) is 50.9 Å². The van der Waals surface area contributed by atoms with E-state index in [9.17, 15) is 13.2 Å². The third-order valence-corrected chi connectivity index (χ3v) is 5.42. The lowest BCUT2D eigenvalue weighted by Crippen LogP contribution is -2.35. The smallest absolute Gasteiger partial charge is 0.271 e. The van der Waals surface area contributed by atoms with Crippen molar-refractivity contribution < 1.29 is 13.2 Å². The molecule has 18 heavy (non-hydrogen) atoms. The first kappa shape index (κ1) is 14.1. The predicted molar refractivity (Wildman–Crippen MR) is 67.3 cm³/mol. The molecular weight excluding hydrogens is 283 g/mol. The van der Waals surface area contributed by atoms with Crippen molar-refractivity contribution in [3.63, 3.8) is 0 Å². The second kappa shape index (κ2) is 5.77. The monoisotopic (exact) mass is 297 g/mol. The van der Waals surface area contributed by atoms with Gasteiger partial charge in [0.05, 0.1) is 6.04 Å². The molecule has 1 aromatic rings. The Balaban J connectivity index is 2.14. The summed E-state index contributed by atoms with van der Waals surface area (Å²) >= 11 is 2.44.